The van der Waals surface area contributed by atoms with Gasteiger partial charge >= 0.3 is 0 Å². The predicted octanol–water partition coefficient (Wildman–Crippen LogP) is 4.85. The maximum atomic E-state index is 2.52. The van der Waals surface area contributed by atoms with E-state index in [9.17, 15) is 0 Å². The van der Waals surface area contributed by atoms with Crippen LogP contribution >= 0.6 is 0 Å². The second kappa shape index (κ2) is 7.65. The maximum Gasteiger partial charge on any atom is 0.0446 e. The summed E-state index contributed by atoms with van der Waals surface area (Å²) in [6, 6.07) is 17.7. The van der Waals surface area contributed by atoms with E-state index in [2.05, 4.69) is 72.2 Å². The summed E-state index contributed by atoms with van der Waals surface area (Å²) >= 11 is 0. The van der Waals surface area contributed by atoms with Gasteiger partial charge in [0.05, 0.1) is 0 Å². The zero-order chi connectivity index (χ0) is 16.1. The van der Waals surface area contributed by atoms with Gasteiger partial charge in [0, 0.05) is 24.3 Å². The van der Waals surface area contributed by atoms with Crippen molar-refractivity contribution in [2.75, 3.05) is 31.1 Å². The van der Waals surface area contributed by atoms with Gasteiger partial charge in [-0.2, -0.15) is 0 Å². The van der Waals surface area contributed by atoms with Gasteiger partial charge in [-0.1, -0.05) is 50.2 Å². The molecular weight excluding hydrogens is 280 g/mol. The first-order valence-corrected chi connectivity index (χ1v) is 8.99. The van der Waals surface area contributed by atoms with Crippen molar-refractivity contribution in [3.05, 3.63) is 59.7 Å². The SMILES string of the molecule is CCN(CC)CCCCN1c2ccccc2Cc2ccccc21. The van der Waals surface area contributed by atoms with Crippen LogP contribution in [0.2, 0.25) is 0 Å². The summed E-state index contributed by atoms with van der Waals surface area (Å²) in [5.41, 5.74) is 5.70. The molecule has 2 aromatic carbocycles. The van der Waals surface area contributed by atoms with Crippen molar-refractivity contribution in [1.82, 2.24) is 4.90 Å². The quantitative estimate of drug-likeness (QED) is 0.675. The Labute approximate surface area is 140 Å². The maximum absolute atomic E-state index is 2.52. The molecule has 1 aliphatic heterocycles. The number of fused-ring (bicyclic) bond motifs is 2. The summed E-state index contributed by atoms with van der Waals surface area (Å²) in [5.74, 6) is 0. The van der Waals surface area contributed by atoms with Gasteiger partial charge in [-0.25, -0.2) is 0 Å². The minimum absolute atomic E-state index is 1.06. The zero-order valence-electron chi connectivity index (χ0n) is 14.5. The summed E-state index contributed by atoms with van der Waals surface area (Å²) in [7, 11) is 0. The van der Waals surface area contributed by atoms with E-state index in [-0.39, 0.29) is 0 Å². The third-order valence-electron chi connectivity index (χ3n) is 4.95. The van der Waals surface area contributed by atoms with E-state index >= 15 is 0 Å². The Bertz CT molecular complexity index is 586. The highest BCUT2D eigenvalue weighted by Gasteiger charge is 2.21. The Morgan fingerprint density at radius 2 is 1.39 bits per heavy atom. The lowest BCUT2D eigenvalue weighted by molar-refractivity contribution is 0.297. The number of hydrogen-bond acceptors (Lipinski definition) is 2. The fourth-order valence-electron chi connectivity index (χ4n) is 3.57. The number of para-hydroxylation sites is 2. The number of benzene rings is 2. The van der Waals surface area contributed by atoms with Crippen LogP contribution < -0.4 is 4.90 Å². The minimum Gasteiger partial charge on any atom is -0.341 e. The second-order valence-electron chi connectivity index (χ2n) is 6.32. The molecule has 0 N–H and O–H groups in total. The molecule has 0 unspecified atom stereocenters. The lowest BCUT2D eigenvalue weighted by atomic mass is 9.95. The molecule has 122 valence electrons. The third-order valence-corrected chi connectivity index (χ3v) is 4.95. The summed E-state index contributed by atoms with van der Waals surface area (Å²) in [5, 5.41) is 0. The lowest BCUT2D eigenvalue weighted by Crippen LogP contribution is -2.27. The molecule has 2 heteroatoms. The molecule has 0 aromatic heterocycles. The smallest absolute Gasteiger partial charge is 0.0446 e. The molecule has 0 atom stereocenters. The van der Waals surface area contributed by atoms with Crippen molar-refractivity contribution in [3.63, 3.8) is 0 Å². The summed E-state index contributed by atoms with van der Waals surface area (Å²) in [6.07, 6.45) is 3.56. The largest absolute Gasteiger partial charge is 0.341 e. The summed E-state index contributed by atoms with van der Waals surface area (Å²) in [4.78, 5) is 5.04. The average molecular weight is 308 g/mol. The van der Waals surface area contributed by atoms with E-state index in [1.54, 1.807) is 0 Å². The fourth-order valence-corrected chi connectivity index (χ4v) is 3.57. The van der Waals surface area contributed by atoms with Crippen LogP contribution in [0.1, 0.15) is 37.8 Å². The van der Waals surface area contributed by atoms with E-state index < -0.39 is 0 Å². The predicted molar refractivity (Wildman–Crippen MR) is 99.7 cm³/mol. The first kappa shape index (κ1) is 16.1. The van der Waals surface area contributed by atoms with Crippen LogP contribution in [0.4, 0.5) is 11.4 Å². The molecule has 0 saturated heterocycles. The number of hydrogen-bond donors (Lipinski definition) is 0. The standard InChI is InChI=1S/C21H28N2/c1-3-22(4-2)15-9-10-16-23-20-13-7-5-11-18(20)17-19-12-6-8-14-21(19)23/h5-8,11-14H,3-4,9-10,15-17H2,1-2H3. The van der Waals surface area contributed by atoms with Crippen molar-refractivity contribution in [3.8, 4) is 0 Å². The Balaban J connectivity index is 1.71. The van der Waals surface area contributed by atoms with Crippen LogP contribution in [-0.4, -0.2) is 31.1 Å². The first-order valence-electron chi connectivity index (χ1n) is 8.99. The Kier molecular flexibility index (Phi) is 5.35. The number of unbranched alkanes of at least 4 members (excludes halogenated alkanes) is 1. The highest BCUT2D eigenvalue weighted by Crippen LogP contribution is 2.38. The second-order valence-corrected chi connectivity index (χ2v) is 6.32. The van der Waals surface area contributed by atoms with Crippen LogP contribution in [0.25, 0.3) is 0 Å². The molecule has 0 amide bonds. The Morgan fingerprint density at radius 3 is 1.96 bits per heavy atom. The molecule has 23 heavy (non-hydrogen) atoms. The van der Waals surface area contributed by atoms with E-state index in [0.29, 0.717) is 0 Å². The highest BCUT2D eigenvalue weighted by atomic mass is 15.1. The molecule has 0 radical (unpaired) electrons. The van der Waals surface area contributed by atoms with Crippen molar-refractivity contribution in [2.24, 2.45) is 0 Å². The van der Waals surface area contributed by atoms with Gasteiger partial charge in [-0.15, -0.1) is 0 Å². The molecule has 0 bridgehead atoms. The summed E-state index contributed by atoms with van der Waals surface area (Å²) in [6.45, 7) is 9.14. The molecule has 2 nitrogen and oxygen atoms in total. The first-order chi connectivity index (χ1) is 11.3. The van der Waals surface area contributed by atoms with Gasteiger partial charge in [0.15, 0.2) is 0 Å². The molecule has 1 heterocycles. The van der Waals surface area contributed by atoms with Crippen LogP contribution in [0.5, 0.6) is 0 Å². The van der Waals surface area contributed by atoms with E-state index in [1.807, 2.05) is 0 Å². The van der Waals surface area contributed by atoms with Gasteiger partial charge in [0.1, 0.15) is 0 Å². The number of nitrogens with zero attached hydrogens (tertiary/aromatic N) is 2. The fraction of sp³-hybridized carbons (Fsp3) is 0.429. The molecule has 1 aliphatic rings. The van der Waals surface area contributed by atoms with E-state index in [0.717, 1.165) is 26.1 Å². The van der Waals surface area contributed by atoms with E-state index in [4.69, 9.17) is 0 Å². The normalized spacial score (nSPS) is 13.1. The molecule has 3 rings (SSSR count). The average Bonchev–Trinajstić information content (AvgIpc) is 2.61. The van der Waals surface area contributed by atoms with Crippen molar-refractivity contribution in [1.29, 1.82) is 0 Å². The van der Waals surface area contributed by atoms with Gasteiger partial charge < -0.3 is 9.80 Å². The van der Waals surface area contributed by atoms with Crippen LogP contribution in [-0.2, 0) is 6.42 Å². The zero-order valence-corrected chi connectivity index (χ0v) is 14.5. The Hall–Kier alpha value is -1.80. The third kappa shape index (κ3) is 3.59. The van der Waals surface area contributed by atoms with Gasteiger partial charge in [-0.05, 0) is 55.7 Å². The monoisotopic (exact) mass is 308 g/mol. The van der Waals surface area contributed by atoms with Crippen molar-refractivity contribution < 1.29 is 0 Å². The number of rotatable bonds is 7. The topological polar surface area (TPSA) is 6.48 Å². The van der Waals surface area contributed by atoms with Gasteiger partial charge in [0.25, 0.3) is 0 Å². The van der Waals surface area contributed by atoms with Crippen molar-refractivity contribution >= 4 is 11.4 Å². The van der Waals surface area contributed by atoms with Gasteiger partial charge in [-0.3, -0.25) is 0 Å². The number of anilines is 2. The van der Waals surface area contributed by atoms with Gasteiger partial charge in [0.2, 0.25) is 0 Å². The minimum atomic E-state index is 1.06. The van der Waals surface area contributed by atoms with Crippen LogP contribution in [0, 0.1) is 0 Å². The summed E-state index contributed by atoms with van der Waals surface area (Å²) < 4.78 is 0. The lowest BCUT2D eigenvalue weighted by Gasteiger charge is -2.33. The van der Waals surface area contributed by atoms with Crippen LogP contribution in [0.3, 0.4) is 0 Å². The molecule has 0 spiro atoms. The Morgan fingerprint density at radius 1 is 0.826 bits per heavy atom. The molecule has 0 fully saturated rings. The molecule has 0 aliphatic carbocycles. The van der Waals surface area contributed by atoms with Crippen molar-refractivity contribution in [2.45, 2.75) is 33.1 Å². The van der Waals surface area contributed by atoms with E-state index in [1.165, 1.54) is 41.9 Å². The molecule has 2 aromatic rings. The molecular formula is C21H28N2. The van der Waals surface area contributed by atoms with Crippen LogP contribution in [0.15, 0.2) is 48.5 Å². The highest BCUT2D eigenvalue weighted by molar-refractivity contribution is 5.74. The molecule has 0 saturated carbocycles.